The minimum atomic E-state index is 0.235. The van der Waals surface area contributed by atoms with E-state index in [1.165, 1.54) is 10.9 Å². The van der Waals surface area contributed by atoms with E-state index < -0.39 is 0 Å². The largest absolute Gasteiger partial charge is 0.256 e. The van der Waals surface area contributed by atoms with E-state index in [1.807, 2.05) is 18.3 Å². The molecule has 1 aromatic carbocycles. The summed E-state index contributed by atoms with van der Waals surface area (Å²) in [5, 5.41) is 1.42. The molecule has 0 fully saturated rings. The third kappa shape index (κ3) is 1.54. The van der Waals surface area contributed by atoms with Gasteiger partial charge in [0.25, 0.3) is 0 Å². The minimum Gasteiger partial charge on any atom is -0.256 e. The van der Waals surface area contributed by atoms with Crippen molar-refractivity contribution in [2.45, 2.75) is 12.2 Å². The van der Waals surface area contributed by atoms with E-state index in [0.29, 0.717) is 0 Å². The number of aromatic nitrogens is 1. The van der Waals surface area contributed by atoms with Gasteiger partial charge in [-0.15, -0.1) is 0 Å². The third-order valence-electron chi connectivity index (χ3n) is 2.11. The van der Waals surface area contributed by atoms with E-state index >= 15 is 0 Å². The Labute approximate surface area is 83.2 Å². The molecule has 0 saturated heterocycles. The molecule has 1 atom stereocenters. The van der Waals surface area contributed by atoms with Crippen molar-refractivity contribution in [1.82, 2.24) is 4.98 Å². The maximum atomic E-state index is 4.42. The van der Waals surface area contributed by atoms with Crippen LogP contribution in [-0.2, 0) is 0 Å². The van der Waals surface area contributed by atoms with Crippen LogP contribution in [0.1, 0.15) is 17.7 Å². The van der Waals surface area contributed by atoms with Crippen molar-refractivity contribution in [2.75, 3.05) is 0 Å². The molecule has 0 saturated carbocycles. The summed E-state index contributed by atoms with van der Waals surface area (Å²) in [6.07, 6.45) is 1.82. The monoisotopic (exact) mass is 189 g/mol. The Hall–Kier alpha value is -1.02. The van der Waals surface area contributed by atoms with Crippen molar-refractivity contribution >= 4 is 23.5 Å². The summed E-state index contributed by atoms with van der Waals surface area (Å²) in [6.45, 7) is 2.06. The van der Waals surface area contributed by atoms with E-state index in [2.05, 4.69) is 42.7 Å². The Bertz CT molecular complexity index is 418. The number of benzene rings is 1. The van der Waals surface area contributed by atoms with Crippen LogP contribution in [0.5, 0.6) is 0 Å². The van der Waals surface area contributed by atoms with Gasteiger partial charge in [-0.3, -0.25) is 4.98 Å². The summed E-state index contributed by atoms with van der Waals surface area (Å²) in [5.41, 5.74) is 2.26. The van der Waals surface area contributed by atoms with Gasteiger partial charge in [0.05, 0.1) is 5.52 Å². The lowest BCUT2D eigenvalue weighted by Crippen LogP contribution is -1.88. The Morgan fingerprint density at radius 1 is 1.23 bits per heavy atom. The molecule has 0 aliphatic carbocycles. The van der Waals surface area contributed by atoms with Gasteiger partial charge >= 0.3 is 0 Å². The van der Waals surface area contributed by atoms with Crippen LogP contribution in [0.4, 0.5) is 0 Å². The highest BCUT2D eigenvalue weighted by Crippen LogP contribution is 2.25. The van der Waals surface area contributed by atoms with E-state index in [-0.39, 0.29) is 5.25 Å². The summed E-state index contributed by atoms with van der Waals surface area (Å²) in [6, 6.07) is 10.2. The van der Waals surface area contributed by atoms with E-state index in [1.54, 1.807) is 0 Å². The molecule has 0 amide bonds. The van der Waals surface area contributed by atoms with Gasteiger partial charge in [0.1, 0.15) is 0 Å². The van der Waals surface area contributed by atoms with Crippen LogP contribution in [0.25, 0.3) is 10.9 Å². The molecular weight excluding hydrogens is 178 g/mol. The molecule has 2 rings (SSSR count). The quantitative estimate of drug-likeness (QED) is 0.680. The van der Waals surface area contributed by atoms with Crippen molar-refractivity contribution < 1.29 is 0 Å². The van der Waals surface area contributed by atoms with Gasteiger partial charge in [0.15, 0.2) is 0 Å². The minimum absolute atomic E-state index is 0.235. The van der Waals surface area contributed by atoms with Gasteiger partial charge in [-0.1, -0.05) is 24.3 Å². The second-order valence-electron chi connectivity index (χ2n) is 3.10. The number of fused-ring (bicyclic) bond motifs is 1. The van der Waals surface area contributed by atoms with Crippen LogP contribution < -0.4 is 0 Å². The van der Waals surface area contributed by atoms with Crippen LogP contribution in [0.15, 0.2) is 36.5 Å². The van der Waals surface area contributed by atoms with Crippen molar-refractivity contribution in [2.24, 2.45) is 0 Å². The zero-order valence-electron chi connectivity index (χ0n) is 7.44. The number of pyridine rings is 1. The number of para-hydroxylation sites is 1. The molecule has 0 bridgehead atoms. The van der Waals surface area contributed by atoms with Gasteiger partial charge in [0, 0.05) is 16.8 Å². The standard InChI is InChI=1S/C11H11NS/c1-8(13)10-6-2-4-9-5-3-7-12-11(9)10/h2-8,13H,1H3. The molecule has 0 N–H and O–H groups in total. The van der Waals surface area contributed by atoms with Crippen molar-refractivity contribution in [3.8, 4) is 0 Å². The van der Waals surface area contributed by atoms with Gasteiger partial charge in [-0.2, -0.15) is 12.6 Å². The maximum Gasteiger partial charge on any atom is 0.0744 e. The first-order valence-corrected chi connectivity index (χ1v) is 4.82. The van der Waals surface area contributed by atoms with Gasteiger partial charge in [-0.25, -0.2) is 0 Å². The number of nitrogens with zero attached hydrogens (tertiary/aromatic N) is 1. The molecule has 0 aliphatic rings. The summed E-state index contributed by atoms with van der Waals surface area (Å²) in [7, 11) is 0. The van der Waals surface area contributed by atoms with Gasteiger partial charge in [-0.05, 0) is 18.6 Å². The molecule has 1 aromatic heterocycles. The predicted molar refractivity (Wildman–Crippen MR) is 59.1 cm³/mol. The van der Waals surface area contributed by atoms with Gasteiger partial charge < -0.3 is 0 Å². The van der Waals surface area contributed by atoms with Crippen LogP contribution >= 0.6 is 12.6 Å². The van der Waals surface area contributed by atoms with Crippen LogP contribution in [-0.4, -0.2) is 4.98 Å². The van der Waals surface area contributed by atoms with Crippen molar-refractivity contribution in [3.63, 3.8) is 0 Å². The van der Waals surface area contributed by atoms with Crippen LogP contribution in [0.3, 0.4) is 0 Å². The van der Waals surface area contributed by atoms with Crippen molar-refractivity contribution in [1.29, 1.82) is 0 Å². The van der Waals surface area contributed by atoms with Crippen LogP contribution in [0.2, 0.25) is 0 Å². The van der Waals surface area contributed by atoms with E-state index in [4.69, 9.17) is 0 Å². The number of thiol groups is 1. The van der Waals surface area contributed by atoms with Gasteiger partial charge in [0.2, 0.25) is 0 Å². The summed E-state index contributed by atoms with van der Waals surface area (Å²) in [4.78, 5) is 4.35. The Balaban J connectivity index is 2.76. The molecular formula is C11H11NS. The topological polar surface area (TPSA) is 12.9 Å². The van der Waals surface area contributed by atoms with Crippen molar-refractivity contribution in [3.05, 3.63) is 42.1 Å². The highest BCUT2D eigenvalue weighted by molar-refractivity contribution is 7.80. The normalized spacial score (nSPS) is 13.1. The fourth-order valence-electron chi connectivity index (χ4n) is 1.46. The highest BCUT2D eigenvalue weighted by Gasteiger charge is 2.04. The lowest BCUT2D eigenvalue weighted by Gasteiger charge is -2.07. The molecule has 13 heavy (non-hydrogen) atoms. The van der Waals surface area contributed by atoms with E-state index in [0.717, 1.165) is 5.52 Å². The molecule has 1 nitrogen and oxygen atoms in total. The summed E-state index contributed by atoms with van der Waals surface area (Å²) < 4.78 is 0. The second-order valence-corrected chi connectivity index (χ2v) is 3.87. The maximum absolute atomic E-state index is 4.42. The molecule has 0 radical (unpaired) electrons. The number of hydrogen-bond acceptors (Lipinski definition) is 2. The summed E-state index contributed by atoms with van der Waals surface area (Å²) in [5.74, 6) is 0. The fourth-order valence-corrected chi connectivity index (χ4v) is 1.67. The average molecular weight is 189 g/mol. The highest BCUT2D eigenvalue weighted by atomic mass is 32.1. The summed E-state index contributed by atoms with van der Waals surface area (Å²) >= 11 is 4.42. The first-order valence-electron chi connectivity index (χ1n) is 4.31. The Morgan fingerprint density at radius 3 is 2.77 bits per heavy atom. The molecule has 66 valence electrons. The fraction of sp³-hybridized carbons (Fsp3) is 0.182. The second kappa shape index (κ2) is 3.38. The molecule has 1 heterocycles. The first-order chi connectivity index (χ1) is 6.29. The molecule has 0 spiro atoms. The predicted octanol–water partition coefficient (Wildman–Crippen LogP) is 3.23. The molecule has 2 heteroatoms. The lowest BCUT2D eigenvalue weighted by molar-refractivity contribution is 1.12. The molecule has 1 unspecified atom stereocenters. The number of rotatable bonds is 1. The van der Waals surface area contributed by atoms with E-state index in [9.17, 15) is 0 Å². The third-order valence-corrected chi connectivity index (χ3v) is 2.39. The Kier molecular flexibility index (Phi) is 2.23. The number of hydrogen-bond donors (Lipinski definition) is 1. The lowest BCUT2D eigenvalue weighted by atomic mass is 10.1. The molecule has 2 aromatic rings. The molecule has 0 aliphatic heterocycles. The Morgan fingerprint density at radius 2 is 2.00 bits per heavy atom. The average Bonchev–Trinajstić information content (AvgIpc) is 2.17. The SMILES string of the molecule is CC(S)c1cccc2cccnc12. The van der Waals surface area contributed by atoms with Crippen LogP contribution in [0, 0.1) is 0 Å². The zero-order chi connectivity index (χ0) is 9.26. The first kappa shape index (κ1) is 8.57. The smallest absolute Gasteiger partial charge is 0.0744 e. The zero-order valence-corrected chi connectivity index (χ0v) is 8.33.